The smallest absolute Gasteiger partial charge is 0.274 e. The average molecular weight is 225 g/mol. The van der Waals surface area contributed by atoms with Crippen LogP contribution in [0.4, 0.5) is 5.82 Å². The van der Waals surface area contributed by atoms with Crippen molar-refractivity contribution in [1.29, 1.82) is 0 Å². The Morgan fingerprint density at radius 1 is 1.62 bits per heavy atom. The third-order valence-corrected chi connectivity index (χ3v) is 2.04. The van der Waals surface area contributed by atoms with Crippen LogP contribution in [0.2, 0.25) is 0 Å². The molecule has 1 aromatic heterocycles. The number of hydrogen-bond donors (Lipinski definition) is 3. The van der Waals surface area contributed by atoms with Crippen molar-refractivity contribution in [2.24, 2.45) is 5.84 Å². The van der Waals surface area contributed by atoms with Crippen LogP contribution in [0.1, 0.15) is 17.4 Å². The minimum absolute atomic E-state index is 0.0815. The zero-order valence-corrected chi connectivity index (χ0v) is 9.05. The van der Waals surface area contributed by atoms with E-state index in [1.54, 1.807) is 0 Å². The van der Waals surface area contributed by atoms with Gasteiger partial charge in [0.1, 0.15) is 5.69 Å². The van der Waals surface area contributed by atoms with Gasteiger partial charge in [0.05, 0.1) is 19.0 Å². The number of rotatable bonds is 5. The molecule has 1 aromatic rings. The Balaban J connectivity index is 2.85. The minimum Gasteiger partial charge on any atom is -0.395 e. The van der Waals surface area contributed by atoms with Gasteiger partial charge in [0, 0.05) is 13.1 Å². The number of carbonyl (C=O) groups excluding carboxylic acids is 1. The number of nitrogens with two attached hydrogens (primary N) is 1. The molecule has 7 heteroatoms. The molecule has 0 bridgehead atoms. The van der Waals surface area contributed by atoms with Crippen LogP contribution in [0.15, 0.2) is 12.4 Å². The van der Waals surface area contributed by atoms with Crippen LogP contribution >= 0.6 is 0 Å². The molecule has 0 saturated heterocycles. The summed E-state index contributed by atoms with van der Waals surface area (Å²) in [6.45, 7) is 2.52. The second kappa shape index (κ2) is 5.99. The largest absolute Gasteiger partial charge is 0.395 e. The molecule has 4 N–H and O–H groups in total. The van der Waals surface area contributed by atoms with Crippen LogP contribution in [-0.2, 0) is 0 Å². The average Bonchev–Trinajstić information content (AvgIpc) is 2.35. The van der Waals surface area contributed by atoms with Gasteiger partial charge in [-0.1, -0.05) is 0 Å². The maximum absolute atomic E-state index is 11.9. The fourth-order valence-electron chi connectivity index (χ4n) is 1.22. The fraction of sp³-hybridized carbons (Fsp3) is 0.444. The summed E-state index contributed by atoms with van der Waals surface area (Å²) < 4.78 is 0. The van der Waals surface area contributed by atoms with Crippen molar-refractivity contribution in [2.75, 3.05) is 25.1 Å². The van der Waals surface area contributed by atoms with E-state index < -0.39 is 0 Å². The minimum atomic E-state index is -0.277. The molecule has 0 spiro atoms. The number of aromatic nitrogens is 2. The molecule has 0 radical (unpaired) electrons. The quantitative estimate of drug-likeness (QED) is 0.448. The first kappa shape index (κ1) is 12.3. The van der Waals surface area contributed by atoms with E-state index in [2.05, 4.69) is 15.4 Å². The maximum atomic E-state index is 11.9. The summed E-state index contributed by atoms with van der Waals surface area (Å²) >= 11 is 0. The summed E-state index contributed by atoms with van der Waals surface area (Å²) in [5.74, 6) is 5.22. The van der Waals surface area contributed by atoms with Crippen LogP contribution in [0.25, 0.3) is 0 Å². The summed E-state index contributed by atoms with van der Waals surface area (Å²) in [4.78, 5) is 21.2. The second-order valence-electron chi connectivity index (χ2n) is 3.04. The summed E-state index contributed by atoms with van der Waals surface area (Å²) in [7, 11) is 0. The molecule has 0 aliphatic rings. The summed E-state index contributed by atoms with van der Waals surface area (Å²) in [5, 5.41) is 8.80. The highest BCUT2D eigenvalue weighted by atomic mass is 16.3. The highest BCUT2D eigenvalue weighted by molar-refractivity contribution is 5.92. The van der Waals surface area contributed by atoms with Crippen molar-refractivity contribution in [3.63, 3.8) is 0 Å². The summed E-state index contributed by atoms with van der Waals surface area (Å²) in [6, 6.07) is 0. The molecule has 7 nitrogen and oxygen atoms in total. The predicted octanol–water partition coefficient (Wildman–Crippen LogP) is -0.783. The van der Waals surface area contributed by atoms with E-state index in [-0.39, 0.29) is 24.8 Å². The van der Waals surface area contributed by atoms with Gasteiger partial charge in [-0.2, -0.15) is 0 Å². The standard InChI is InChI=1S/C9H15N5O2/c1-2-14(3-4-15)9(16)7-5-11-6-8(12-7)13-10/h5-6,15H,2-4,10H2,1H3,(H,12,13). The first-order chi connectivity index (χ1) is 7.72. The molecule has 0 atom stereocenters. The number of nitrogens with zero attached hydrogens (tertiary/aromatic N) is 3. The van der Waals surface area contributed by atoms with Crippen molar-refractivity contribution in [3.05, 3.63) is 18.1 Å². The molecule has 88 valence electrons. The van der Waals surface area contributed by atoms with Crippen LogP contribution in [-0.4, -0.2) is 45.6 Å². The molecule has 1 amide bonds. The Kier molecular flexibility index (Phi) is 4.62. The van der Waals surface area contributed by atoms with E-state index >= 15 is 0 Å². The van der Waals surface area contributed by atoms with E-state index in [0.717, 1.165) is 0 Å². The molecule has 0 aliphatic carbocycles. The molecule has 16 heavy (non-hydrogen) atoms. The summed E-state index contributed by atoms with van der Waals surface area (Å²) in [5.41, 5.74) is 2.52. The number of carbonyl (C=O) groups is 1. The number of aliphatic hydroxyl groups excluding tert-OH is 1. The van der Waals surface area contributed by atoms with Crippen LogP contribution in [0.5, 0.6) is 0 Å². The molecule has 1 rings (SSSR count). The number of hydrazine groups is 1. The van der Waals surface area contributed by atoms with Gasteiger partial charge >= 0.3 is 0 Å². The van der Waals surface area contributed by atoms with Crippen molar-refractivity contribution < 1.29 is 9.90 Å². The number of nitrogens with one attached hydrogen (secondary N) is 1. The molecule has 1 heterocycles. The van der Waals surface area contributed by atoms with E-state index in [0.29, 0.717) is 12.4 Å². The van der Waals surface area contributed by atoms with E-state index in [4.69, 9.17) is 10.9 Å². The van der Waals surface area contributed by atoms with Crippen molar-refractivity contribution in [1.82, 2.24) is 14.9 Å². The van der Waals surface area contributed by atoms with E-state index in [1.165, 1.54) is 17.3 Å². The predicted molar refractivity (Wildman–Crippen MR) is 58.5 cm³/mol. The van der Waals surface area contributed by atoms with Gasteiger partial charge in [0.2, 0.25) is 0 Å². The number of anilines is 1. The molecule has 0 aromatic carbocycles. The monoisotopic (exact) mass is 225 g/mol. The number of nitrogen functional groups attached to an aromatic ring is 1. The van der Waals surface area contributed by atoms with Crippen molar-refractivity contribution in [3.8, 4) is 0 Å². The first-order valence-electron chi connectivity index (χ1n) is 4.91. The molecule has 0 unspecified atom stereocenters. The zero-order valence-electron chi connectivity index (χ0n) is 9.05. The Bertz CT molecular complexity index is 358. The molecule has 0 saturated carbocycles. The number of likely N-dealkylation sites (N-methyl/N-ethyl adjacent to an activating group) is 1. The van der Waals surface area contributed by atoms with Crippen molar-refractivity contribution in [2.45, 2.75) is 6.92 Å². The van der Waals surface area contributed by atoms with Crippen LogP contribution in [0.3, 0.4) is 0 Å². The molecular weight excluding hydrogens is 210 g/mol. The molecule has 0 aliphatic heterocycles. The van der Waals surface area contributed by atoms with E-state index in [9.17, 15) is 4.79 Å². The Labute approximate surface area is 93.3 Å². The Morgan fingerprint density at radius 3 is 2.94 bits per heavy atom. The normalized spacial score (nSPS) is 9.94. The Hall–Kier alpha value is -1.73. The van der Waals surface area contributed by atoms with Gasteiger partial charge in [-0.3, -0.25) is 9.78 Å². The fourth-order valence-corrected chi connectivity index (χ4v) is 1.22. The lowest BCUT2D eigenvalue weighted by atomic mass is 10.3. The highest BCUT2D eigenvalue weighted by Gasteiger charge is 2.15. The topological polar surface area (TPSA) is 104 Å². The second-order valence-corrected chi connectivity index (χ2v) is 3.04. The van der Waals surface area contributed by atoms with Crippen LogP contribution in [0, 0.1) is 0 Å². The van der Waals surface area contributed by atoms with Gasteiger partial charge in [0.25, 0.3) is 5.91 Å². The van der Waals surface area contributed by atoms with E-state index in [1.807, 2.05) is 6.92 Å². The Morgan fingerprint density at radius 2 is 2.38 bits per heavy atom. The third kappa shape index (κ3) is 2.88. The SMILES string of the molecule is CCN(CCO)C(=O)c1cncc(NN)n1. The van der Waals surface area contributed by atoms with Gasteiger partial charge in [0.15, 0.2) is 5.82 Å². The molecule has 0 fully saturated rings. The zero-order chi connectivity index (χ0) is 12.0. The third-order valence-electron chi connectivity index (χ3n) is 2.04. The lowest BCUT2D eigenvalue weighted by molar-refractivity contribution is 0.0726. The number of hydrogen-bond acceptors (Lipinski definition) is 6. The van der Waals surface area contributed by atoms with Gasteiger partial charge in [-0.05, 0) is 6.92 Å². The summed E-state index contributed by atoms with van der Waals surface area (Å²) in [6.07, 6.45) is 2.78. The van der Waals surface area contributed by atoms with Gasteiger partial charge in [-0.15, -0.1) is 0 Å². The number of aliphatic hydroxyl groups is 1. The van der Waals surface area contributed by atoms with Gasteiger partial charge in [-0.25, -0.2) is 10.8 Å². The van der Waals surface area contributed by atoms with Crippen LogP contribution < -0.4 is 11.3 Å². The highest BCUT2D eigenvalue weighted by Crippen LogP contribution is 2.04. The maximum Gasteiger partial charge on any atom is 0.274 e. The lowest BCUT2D eigenvalue weighted by Gasteiger charge is -2.18. The lowest BCUT2D eigenvalue weighted by Crippen LogP contribution is -2.34. The van der Waals surface area contributed by atoms with Gasteiger partial charge < -0.3 is 15.4 Å². The number of amides is 1. The molecular formula is C9H15N5O2. The first-order valence-corrected chi connectivity index (χ1v) is 4.91. The van der Waals surface area contributed by atoms with Crippen molar-refractivity contribution >= 4 is 11.7 Å².